The van der Waals surface area contributed by atoms with Gasteiger partial charge in [-0.1, -0.05) is 29.3 Å². The molecule has 0 atom stereocenters. The molecule has 0 aliphatic heterocycles. The molecule has 2 aromatic carbocycles. The summed E-state index contributed by atoms with van der Waals surface area (Å²) in [6.45, 7) is 0.337. The van der Waals surface area contributed by atoms with Crippen molar-refractivity contribution in [1.29, 1.82) is 0 Å². The fourth-order valence-corrected chi connectivity index (χ4v) is 2.80. The third-order valence-corrected chi connectivity index (χ3v) is 4.78. The number of carbonyl (C=O) groups is 1. The molecule has 0 unspecified atom stereocenters. The molecule has 0 bridgehead atoms. The molecule has 1 amide bonds. The van der Waals surface area contributed by atoms with E-state index in [2.05, 4.69) is 15.5 Å². The number of rotatable bonds is 9. The quantitative estimate of drug-likeness (QED) is 0.498. The van der Waals surface area contributed by atoms with Crippen LogP contribution in [0.5, 0.6) is 17.4 Å². The molecule has 1 aromatic heterocycles. The Morgan fingerprint density at radius 2 is 1.80 bits per heavy atom. The number of carbonyl (C=O) groups excluding carboxylic acids is 1. The van der Waals surface area contributed by atoms with Crippen LogP contribution in [0.1, 0.15) is 0 Å². The Bertz CT molecular complexity index is 983. The summed E-state index contributed by atoms with van der Waals surface area (Å²) in [5.74, 6) is 1.18. The van der Waals surface area contributed by atoms with E-state index < -0.39 is 0 Å². The maximum absolute atomic E-state index is 11.9. The van der Waals surface area contributed by atoms with Gasteiger partial charge in [0.15, 0.2) is 6.61 Å². The molecule has 0 aliphatic carbocycles. The van der Waals surface area contributed by atoms with Gasteiger partial charge in [-0.3, -0.25) is 4.79 Å². The number of hydrogen-bond acceptors (Lipinski definition) is 6. The first kappa shape index (κ1) is 21.7. The van der Waals surface area contributed by atoms with Crippen LogP contribution >= 0.6 is 23.2 Å². The summed E-state index contributed by atoms with van der Waals surface area (Å²) in [6.07, 6.45) is 0. The smallest absolute Gasteiger partial charge is 0.258 e. The minimum absolute atomic E-state index is 0.184. The van der Waals surface area contributed by atoms with Crippen molar-refractivity contribution < 1.29 is 19.0 Å². The zero-order chi connectivity index (χ0) is 21.3. The highest BCUT2D eigenvalue weighted by atomic mass is 35.5. The van der Waals surface area contributed by atoms with Crippen molar-refractivity contribution in [1.82, 2.24) is 15.5 Å². The van der Waals surface area contributed by atoms with Gasteiger partial charge >= 0.3 is 0 Å². The molecule has 0 radical (unpaired) electrons. The van der Waals surface area contributed by atoms with E-state index in [0.717, 1.165) is 17.0 Å². The molecule has 0 fully saturated rings. The lowest BCUT2D eigenvalue weighted by atomic mass is 10.1. The number of amides is 1. The maximum atomic E-state index is 11.9. The Morgan fingerprint density at radius 1 is 1.00 bits per heavy atom. The van der Waals surface area contributed by atoms with Crippen molar-refractivity contribution >= 4 is 29.1 Å². The number of halogens is 2. The standard InChI is InChI=1S/C21H19Cl2N3O4/c1-28-15-7-5-14(6-8-15)17-9-10-20(26-25-17)29-12-11-24-19(27)13-30-18-4-2-3-16(22)21(18)23/h2-10H,11-13H2,1H3,(H,24,27). The molecule has 0 spiro atoms. The third-order valence-electron chi connectivity index (χ3n) is 3.97. The van der Waals surface area contributed by atoms with E-state index in [0.29, 0.717) is 16.7 Å². The zero-order valence-corrected chi connectivity index (χ0v) is 17.6. The van der Waals surface area contributed by atoms with E-state index in [9.17, 15) is 4.79 Å². The number of nitrogens with one attached hydrogen (secondary N) is 1. The van der Waals surface area contributed by atoms with E-state index >= 15 is 0 Å². The molecule has 7 nitrogen and oxygen atoms in total. The monoisotopic (exact) mass is 447 g/mol. The summed E-state index contributed by atoms with van der Waals surface area (Å²) >= 11 is 11.9. The summed E-state index contributed by atoms with van der Waals surface area (Å²) in [6, 6.07) is 16.0. The van der Waals surface area contributed by atoms with E-state index in [-0.39, 0.29) is 30.7 Å². The lowest BCUT2D eigenvalue weighted by molar-refractivity contribution is -0.123. The van der Waals surface area contributed by atoms with Crippen LogP contribution in [0.15, 0.2) is 54.6 Å². The molecule has 3 aromatic rings. The maximum Gasteiger partial charge on any atom is 0.258 e. The van der Waals surface area contributed by atoms with Gasteiger partial charge in [-0.15, -0.1) is 10.2 Å². The Morgan fingerprint density at radius 3 is 2.50 bits per heavy atom. The number of ether oxygens (including phenoxy) is 3. The Kier molecular flexibility index (Phi) is 7.70. The summed E-state index contributed by atoms with van der Waals surface area (Å²) in [7, 11) is 1.62. The molecule has 1 heterocycles. The van der Waals surface area contributed by atoms with Crippen LogP contribution in [-0.2, 0) is 4.79 Å². The van der Waals surface area contributed by atoms with Crippen molar-refractivity contribution in [3.63, 3.8) is 0 Å². The average molecular weight is 448 g/mol. The van der Waals surface area contributed by atoms with E-state index in [1.54, 1.807) is 31.4 Å². The molecular formula is C21H19Cl2N3O4. The van der Waals surface area contributed by atoms with Crippen LogP contribution in [-0.4, -0.2) is 43.0 Å². The number of aromatic nitrogens is 2. The van der Waals surface area contributed by atoms with Gasteiger partial charge in [0.2, 0.25) is 5.88 Å². The van der Waals surface area contributed by atoms with Gasteiger partial charge in [-0.2, -0.15) is 0 Å². The third kappa shape index (κ3) is 5.98. The molecule has 3 rings (SSSR count). The highest BCUT2D eigenvalue weighted by Crippen LogP contribution is 2.31. The predicted octanol–water partition coefficient (Wildman–Crippen LogP) is 4.03. The number of nitrogens with zero attached hydrogens (tertiary/aromatic N) is 2. The van der Waals surface area contributed by atoms with Crippen molar-refractivity contribution in [3.05, 3.63) is 64.6 Å². The van der Waals surface area contributed by atoms with Crippen molar-refractivity contribution in [2.75, 3.05) is 26.9 Å². The highest BCUT2D eigenvalue weighted by Gasteiger charge is 2.08. The second-order valence-corrected chi connectivity index (χ2v) is 6.81. The highest BCUT2D eigenvalue weighted by molar-refractivity contribution is 6.42. The first-order valence-corrected chi connectivity index (χ1v) is 9.77. The van der Waals surface area contributed by atoms with Gasteiger partial charge in [0.1, 0.15) is 23.1 Å². The predicted molar refractivity (Wildman–Crippen MR) is 114 cm³/mol. The summed E-state index contributed by atoms with van der Waals surface area (Å²) in [4.78, 5) is 11.9. The second-order valence-electron chi connectivity index (χ2n) is 6.02. The molecule has 0 aliphatic rings. The van der Waals surface area contributed by atoms with Crippen LogP contribution < -0.4 is 19.5 Å². The molecular weight excluding hydrogens is 429 g/mol. The fourth-order valence-electron chi connectivity index (χ4n) is 2.45. The van der Waals surface area contributed by atoms with Gasteiger partial charge in [-0.25, -0.2) is 0 Å². The van der Waals surface area contributed by atoms with Crippen LogP contribution in [0.25, 0.3) is 11.3 Å². The van der Waals surface area contributed by atoms with E-state index in [1.807, 2.05) is 30.3 Å². The van der Waals surface area contributed by atoms with Gasteiger partial charge in [0, 0.05) is 11.6 Å². The molecule has 1 N–H and O–H groups in total. The molecule has 9 heteroatoms. The fraction of sp³-hybridized carbons (Fsp3) is 0.190. The van der Waals surface area contributed by atoms with Crippen molar-refractivity contribution in [2.45, 2.75) is 0 Å². The lowest BCUT2D eigenvalue weighted by Gasteiger charge is -2.10. The first-order valence-electron chi connectivity index (χ1n) is 9.01. The average Bonchev–Trinajstić information content (AvgIpc) is 2.78. The Balaban J connectivity index is 1.39. The minimum Gasteiger partial charge on any atom is -0.497 e. The Labute approximate surface area is 183 Å². The van der Waals surface area contributed by atoms with Crippen LogP contribution in [0, 0.1) is 0 Å². The second kappa shape index (κ2) is 10.7. The zero-order valence-electron chi connectivity index (χ0n) is 16.1. The van der Waals surface area contributed by atoms with E-state index in [4.69, 9.17) is 37.4 Å². The SMILES string of the molecule is COc1ccc(-c2ccc(OCCNC(=O)COc3cccc(Cl)c3Cl)nn2)cc1. The van der Waals surface area contributed by atoms with Gasteiger partial charge in [0.05, 0.1) is 24.4 Å². The van der Waals surface area contributed by atoms with Gasteiger partial charge in [0.25, 0.3) is 5.91 Å². The number of hydrogen-bond donors (Lipinski definition) is 1. The Hall–Kier alpha value is -3.03. The van der Waals surface area contributed by atoms with Crippen molar-refractivity contribution in [3.8, 4) is 28.6 Å². The summed E-state index contributed by atoms with van der Waals surface area (Å²) < 4.78 is 16.0. The normalized spacial score (nSPS) is 10.4. The number of benzene rings is 2. The van der Waals surface area contributed by atoms with Crippen LogP contribution in [0.4, 0.5) is 0 Å². The topological polar surface area (TPSA) is 82.6 Å². The minimum atomic E-state index is -0.310. The van der Waals surface area contributed by atoms with Gasteiger partial charge < -0.3 is 19.5 Å². The van der Waals surface area contributed by atoms with Gasteiger partial charge in [-0.05, 0) is 42.5 Å². The largest absolute Gasteiger partial charge is 0.497 e. The van der Waals surface area contributed by atoms with Crippen LogP contribution in [0.3, 0.4) is 0 Å². The van der Waals surface area contributed by atoms with Crippen LogP contribution in [0.2, 0.25) is 10.0 Å². The first-order chi connectivity index (χ1) is 14.6. The van der Waals surface area contributed by atoms with E-state index in [1.165, 1.54) is 0 Å². The lowest BCUT2D eigenvalue weighted by Crippen LogP contribution is -2.32. The summed E-state index contributed by atoms with van der Waals surface area (Å²) in [5.41, 5.74) is 1.64. The number of methoxy groups -OCH3 is 1. The molecule has 0 saturated carbocycles. The van der Waals surface area contributed by atoms with Crippen molar-refractivity contribution in [2.24, 2.45) is 0 Å². The molecule has 0 saturated heterocycles. The summed E-state index contributed by atoms with van der Waals surface area (Å²) in [5, 5.41) is 11.5. The molecule has 30 heavy (non-hydrogen) atoms. The molecule has 156 valence electrons.